The first-order valence-electron chi connectivity index (χ1n) is 10.8. The van der Waals surface area contributed by atoms with E-state index >= 15 is 0 Å². The number of aryl methyl sites for hydroxylation is 2. The van der Waals surface area contributed by atoms with Crippen LogP contribution in [0.25, 0.3) is 0 Å². The molecule has 0 bridgehead atoms. The van der Waals surface area contributed by atoms with Gasteiger partial charge in [-0.05, 0) is 44.4 Å². The fraction of sp³-hybridized carbons (Fsp3) is 0.458. The van der Waals surface area contributed by atoms with Crippen LogP contribution in [0.5, 0.6) is 5.75 Å². The molecule has 31 heavy (non-hydrogen) atoms. The Labute approximate surface area is 187 Å². The van der Waals surface area contributed by atoms with Crippen LogP contribution in [0, 0.1) is 13.8 Å². The number of ether oxygens (including phenoxy) is 1. The maximum Gasteiger partial charge on any atom is 0.290 e. The molecule has 0 spiro atoms. The summed E-state index contributed by atoms with van der Waals surface area (Å²) in [4.78, 5) is 32.6. The van der Waals surface area contributed by atoms with Crippen molar-refractivity contribution in [1.82, 2.24) is 9.88 Å². The lowest BCUT2D eigenvalue weighted by atomic mass is 9.95. The fourth-order valence-corrected chi connectivity index (χ4v) is 4.73. The van der Waals surface area contributed by atoms with Gasteiger partial charge in [-0.1, -0.05) is 38.8 Å². The Morgan fingerprint density at radius 3 is 2.45 bits per heavy atom. The number of carbonyl (C=O) groups is 2. The Balaban J connectivity index is 1.93. The number of aromatic nitrogens is 1. The van der Waals surface area contributed by atoms with Gasteiger partial charge in [0, 0.05) is 6.54 Å². The molecule has 0 saturated carbocycles. The van der Waals surface area contributed by atoms with Crippen molar-refractivity contribution in [3.05, 3.63) is 56.7 Å². The first-order valence-corrected chi connectivity index (χ1v) is 11.7. The zero-order chi connectivity index (χ0) is 22.5. The van der Waals surface area contributed by atoms with Gasteiger partial charge in [0.2, 0.25) is 5.78 Å². The number of nitrogens with zero attached hydrogens (tertiary/aromatic N) is 2. The Hall–Kier alpha value is -2.67. The summed E-state index contributed by atoms with van der Waals surface area (Å²) < 4.78 is 5.79. The maximum atomic E-state index is 13.4. The van der Waals surface area contributed by atoms with E-state index in [9.17, 15) is 14.7 Å². The minimum absolute atomic E-state index is 0.127. The molecule has 7 heteroatoms. The van der Waals surface area contributed by atoms with E-state index in [1.807, 2.05) is 38.1 Å². The summed E-state index contributed by atoms with van der Waals surface area (Å²) in [7, 11) is 0. The van der Waals surface area contributed by atoms with E-state index < -0.39 is 17.7 Å². The quantitative estimate of drug-likeness (QED) is 0.398. The molecule has 6 nitrogen and oxygen atoms in total. The maximum absolute atomic E-state index is 13.4. The summed E-state index contributed by atoms with van der Waals surface area (Å²) in [5.74, 6) is -0.554. The number of unbranched alkanes of at least 4 members (excludes halogenated alkanes) is 2. The van der Waals surface area contributed by atoms with Gasteiger partial charge in [-0.2, -0.15) is 0 Å². The van der Waals surface area contributed by atoms with E-state index in [1.54, 1.807) is 11.8 Å². The molecule has 2 heterocycles. The fourth-order valence-electron chi connectivity index (χ4n) is 3.86. The van der Waals surface area contributed by atoms with Crippen LogP contribution in [0.1, 0.15) is 71.5 Å². The average Bonchev–Trinajstić information content (AvgIpc) is 3.22. The number of thiazole rings is 1. The monoisotopic (exact) mass is 442 g/mol. The van der Waals surface area contributed by atoms with Gasteiger partial charge >= 0.3 is 0 Å². The highest BCUT2D eigenvalue weighted by Crippen LogP contribution is 2.40. The lowest BCUT2D eigenvalue weighted by Gasteiger charge is -2.26. The topological polar surface area (TPSA) is 79.7 Å². The van der Waals surface area contributed by atoms with Crippen LogP contribution < -0.4 is 4.74 Å². The minimum Gasteiger partial charge on any atom is -0.503 e. The van der Waals surface area contributed by atoms with Crippen LogP contribution in [-0.2, 0) is 4.79 Å². The zero-order valence-corrected chi connectivity index (χ0v) is 19.4. The van der Waals surface area contributed by atoms with Gasteiger partial charge in [0.15, 0.2) is 5.76 Å². The minimum atomic E-state index is -0.629. The van der Waals surface area contributed by atoms with E-state index in [4.69, 9.17) is 4.74 Å². The largest absolute Gasteiger partial charge is 0.503 e. The van der Waals surface area contributed by atoms with Gasteiger partial charge in [-0.15, -0.1) is 11.3 Å². The van der Waals surface area contributed by atoms with E-state index in [0.29, 0.717) is 30.1 Å². The van der Waals surface area contributed by atoms with E-state index in [-0.39, 0.29) is 11.4 Å². The summed E-state index contributed by atoms with van der Waals surface area (Å²) in [6.45, 7) is 8.82. The van der Waals surface area contributed by atoms with E-state index in [0.717, 1.165) is 35.6 Å². The Bertz CT molecular complexity index is 978. The van der Waals surface area contributed by atoms with Crippen LogP contribution in [0.15, 0.2) is 35.6 Å². The molecule has 1 unspecified atom stereocenters. The van der Waals surface area contributed by atoms with Gasteiger partial charge in [0.25, 0.3) is 5.91 Å². The normalized spacial score (nSPS) is 16.3. The third-order valence-electron chi connectivity index (χ3n) is 5.34. The number of hydrogen-bond donors (Lipinski definition) is 1. The molecule has 0 aliphatic carbocycles. The first kappa shape index (κ1) is 23.0. The van der Waals surface area contributed by atoms with Crippen molar-refractivity contribution in [1.29, 1.82) is 0 Å². The molecule has 1 aliphatic heterocycles. The molecule has 2 aromatic rings. The van der Waals surface area contributed by atoms with E-state index in [1.165, 1.54) is 11.3 Å². The molecule has 1 aromatic carbocycles. The number of amides is 1. The van der Waals surface area contributed by atoms with Crippen molar-refractivity contribution in [3.8, 4) is 5.75 Å². The number of rotatable bonds is 10. The molecule has 1 aromatic heterocycles. The van der Waals surface area contributed by atoms with Gasteiger partial charge in [-0.3, -0.25) is 9.59 Å². The number of aliphatic hydroxyl groups excluding tert-OH is 1. The number of carbonyl (C=O) groups excluding carboxylic acids is 2. The Morgan fingerprint density at radius 2 is 1.87 bits per heavy atom. The summed E-state index contributed by atoms with van der Waals surface area (Å²) >= 11 is 1.28. The predicted molar refractivity (Wildman–Crippen MR) is 122 cm³/mol. The highest BCUT2D eigenvalue weighted by atomic mass is 32.1. The Kier molecular flexibility index (Phi) is 7.49. The van der Waals surface area contributed by atoms with Crippen molar-refractivity contribution >= 4 is 23.0 Å². The lowest BCUT2D eigenvalue weighted by molar-refractivity contribution is -0.129. The summed E-state index contributed by atoms with van der Waals surface area (Å²) in [5.41, 5.74) is 1.51. The number of Topliss-reactive ketones (excluding diaryl/α,β-unsaturated/α-hetero) is 1. The van der Waals surface area contributed by atoms with Crippen molar-refractivity contribution in [2.75, 3.05) is 13.2 Å². The van der Waals surface area contributed by atoms with Crippen molar-refractivity contribution < 1.29 is 19.4 Å². The van der Waals surface area contributed by atoms with Crippen LogP contribution in [-0.4, -0.2) is 39.8 Å². The van der Waals surface area contributed by atoms with Gasteiger partial charge in [0.05, 0.1) is 33.8 Å². The van der Waals surface area contributed by atoms with Crippen LogP contribution in [0.2, 0.25) is 0 Å². The summed E-state index contributed by atoms with van der Waals surface area (Å²) in [6.07, 6.45) is 3.98. The molecular formula is C24H30N2O4S. The van der Waals surface area contributed by atoms with Crippen LogP contribution in [0.4, 0.5) is 0 Å². The molecule has 1 N–H and O–H groups in total. The molecule has 1 atom stereocenters. The van der Waals surface area contributed by atoms with Crippen LogP contribution in [0.3, 0.4) is 0 Å². The molecule has 0 radical (unpaired) electrons. The second-order valence-corrected chi connectivity index (χ2v) is 8.97. The summed E-state index contributed by atoms with van der Waals surface area (Å²) in [6, 6.07) is 6.82. The molecular weight excluding hydrogens is 412 g/mol. The standard InChI is InChI=1S/C24H30N2O4S/c1-5-7-8-14-30-18-11-9-17(10-12-18)20-19(22(28)24(29)26(20)13-6-2)21(27)23-15(3)25-16(4)31-23/h9-12,20,28H,5-8,13-14H2,1-4H3. The van der Waals surface area contributed by atoms with Crippen LogP contribution >= 0.6 is 11.3 Å². The third kappa shape index (κ3) is 4.82. The van der Waals surface area contributed by atoms with Crippen molar-refractivity contribution in [2.24, 2.45) is 0 Å². The molecule has 1 aliphatic rings. The SMILES string of the molecule is CCCCCOc1ccc(C2C(C(=O)c3sc(C)nc3C)=C(O)C(=O)N2CCC)cc1. The zero-order valence-electron chi connectivity index (χ0n) is 18.6. The Morgan fingerprint density at radius 1 is 1.16 bits per heavy atom. The summed E-state index contributed by atoms with van der Waals surface area (Å²) in [5, 5.41) is 11.4. The second-order valence-electron chi connectivity index (χ2n) is 7.76. The van der Waals surface area contributed by atoms with Gasteiger partial charge in [-0.25, -0.2) is 4.98 Å². The number of aliphatic hydroxyl groups is 1. The third-order valence-corrected chi connectivity index (χ3v) is 6.41. The molecule has 0 saturated heterocycles. The second kappa shape index (κ2) is 10.1. The number of benzene rings is 1. The van der Waals surface area contributed by atoms with Gasteiger partial charge in [0.1, 0.15) is 5.75 Å². The van der Waals surface area contributed by atoms with Gasteiger partial charge < -0.3 is 14.7 Å². The molecule has 166 valence electrons. The van der Waals surface area contributed by atoms with E-state index in [2.05, 4.69) is 11.9 Å². The smallest absolute Gasteiger partial charge is 0.290 e. The highest BCUT2D eigenvalue weighted by molar-refractivity contribution is 7.14. The molecule has 0 fully saturated rings. The van der Waals surface area contributed by atoms with Crippen molar-refractivity contribution in [3.63, 3.8) is 0 Å². The first-order chi connectivity index (χ1) is 14.9. The number of ketones is 1. The van der Waals surface area contributed by atoms with Crippen molar-refractivity contribution in [2.45, 2.75) is 59.4 Å². The molecule has 3 rings (SSSR count). The number of hydrogen-bond acceptors (Lipinski definition) is 6. The molecule has 1 amide bonds. The average molecular weight is 443 g/mol. The lowest BCUT2D eigenvalue weighted by Crippen LogP contribution is -2.31. The predicted octanol–water partition coefficient (Wildman–Crippen LogP) is 5.32. The highest BCUT2D eigenvalue weighted by Gasteiger charge is 2.44.